The Morgan fingerprint density at radius 3 is 1.58 bits per heavy atom. The van der Waals surface area contributed by atoms with E-state index in [9.17, 15) is 0 Å². The molecule has 2 aromatic heterocycles. The highest BCUT2D eigenvalue weighted by Crippen LogP contribution is 2.43. The van der Waals surface area contributed by atoms with Crippen LogP contribution in [0.1, 0.15) is 11.4 Å². The largest absolute Gasteiger partial charge is 0.242 e. The molecule has 0 aliphatic heterocycles. The van der Waals surface area contributed by atoms with Crippen molar-refractivity contribution in [2.75, 3.05) is 0 Å². The molecule has 0 atom stereocenters. The average molecular weight is 677 g/mol. The van der Waals surface area contributed by atoms with E-state index in [-0.39, 0.29) is 0 Å². The maximum atomic E-state index is 4.70. The highest BCUT2D eigenvalue weighted by molar-refractivity contribution is 7.20. The summed E-state index contributed by atoms with van der Waals surface area (Å²) in [7, 11) is -2.72. The molecule has 50 heavy (non-hydrogen) atoms. The summed E-state index contributed by atoms with van der Waals surface area (Å²) >= 11 is 1.87. The van der Waals surface area contributed by atoms with E-state index < -0.39 is 8.07 Å². The van der Waals surface area contributed by atoms with Gasteiger partial charge in [0.2, 0.25) is 0 Å². The summed E-state index contributed by atoms with van der Waals surface area (Å²) in [6.45, 7) is 4.11. The van der Waals surface area contributed by atoms with Crippen LogP contribution >= 0.6 is 11.3 Å². The number of nitrogens with zero attached hydrogens (tertiary/aromatic N) is 2. The Morgan fingerprint density at radius 2 is 1.00 bits per heavy atom. The first-order valence-electron chi connectivity index (χ1n) is 17.0. The van der Waals surface area contributed by atoms with E-state index in [2.05, 4.69) is 182 Å². The molecule has 0 unspecified atom stereocenters. The third kappa shape index (κ3) is 5.94. The maximum Gasteiger partial charge on any atom is 0.179 e. The highest BCUT2D eigenvalue weighted by atomic mass is 32.1. The van der Waals surface area contributed by atoms with Gasteiger partial charge in [0, 0.05) is 27.1 Å². The van der Waals surface area contributed by atoms with Crippen molar-refractivity contribution in [3.05, 3.63) is 194 Å². The van der Waals surface area contributed by atoms with Gasteiger partial charge in [0.1, 0.15) is 5.82 Å². The van der Waals surface area contributed by atoms with Gasteiger partial charge in [0.05, 0.1) is 5.69 Å². The zero-order valence-electron chi connectivity index (χ0n) is 28.1. The number of thiophene rings is 1. The van der Waals surface area contributed by atoms with E-state index in [0.29, 0.717) is 0 Å². The predicted octanol–water partition coefficient (Wildman–Crippen LogP) is 9.20. The van der Waals surface area contributed by atoms with Crippen LogP contribution in [0.5, 0.6) is 0 Å². The van der Waals surface area contributed by atoms with Gasteiger partial charge in [-0.05, 0) is 63.4 Å². The molecule has 2 nitrogen and oxygen atoms in total. The van der Waals surface area contributed by atoms with Gasteiger partial charge >= 0.3 is 0 Å². The second-order valence-electron chi connectivity index (χ2n) is 12.7. The van der Waals surface area contributed by atoms with Crippen molar-refractivity contribution in [2.45, 2.75) is 13.8 Å². The lowest BCUT2D eigenvalue weighted by molar-refractivity contribution is 1.06. The van der Waals surface area contributed by atoms with Crippen molar-refractivity contribution in [3.8, 4) is 43.3 Å². The van der Waals surface area contributed by atoms with Gasteiger partial charge in [-0.2, -0.15) is 0 Å². The van der Waals surface area contributed by atoms with Crippen LogP contribution in [0, 0.1) is 13.8 Å². The second kappa shape index (κ2) is 13.7. The van der Waals surface area contributed by atoms with E-state index in [1.54, 1.807) is 0 Å². The molecular weight excluding hydrogens is 641 g/mol. The normalized spacial score (nSPS) is 11.4. The molecule has 0 bridgehead atoms. The summed E-state index contributed by atoms with van der Waals surface area (Å²) in [5.74, 6) is 0.774. The van der Waals surface area contributed by atoms with Crippen molar-refractivity contribution < 1.29 is 0 Å². The summed E-state index contributed by atoms with van der Waals surface area (Å²) in [6, 6.07) is 64.7. The van der Waals surface area contributed by atoms with E-state index in [4.69, 9.17) is 4.98 Å². The van der Waals surface area contributed by atoms with Crippen LogP contribution in [0.3, 0.4) is 0 Å². The van der Waals surface area contributed by atoms with Crippen LogP contribution in [-0.4, -0.2) is 18.0 Å². The smallest absolute Gasteiger partial charge is 0.179 e. The Balaban J connectivity index is 1.30. The lowest BCUT2D eigenvalue weighted by Gasteiger charge is -2.34. The number of aryl methyl sites for hydroxylation is 2. The zero-order chi connectivity index (χ0) is 33.9. The molecule has 0 N–H and O–H groups in total. The van der Waals surface area contributed by atoms with Gasteiger partial charge in [-0.1, -0.05) is 169 Å². The van der Waals surface area contributed by atoms with Gasteiger partial charge in [-0.3, -0.25) is 0 Å². The van der Waals surface area contributed by atoms with Crippen LogP contribution in [0.15, 0.2) is 182 Å². The van der Waals surface area contributed by atoms with Gasteiger partial charge in [0.15, 0.2) is 8.07 Å². The number of aromatic nitrogens is 2. The summed E-state index contributed by atoms with van der Waals surface area (Å²) < 4.78 is 0. The van der Waals surface area contributed by atoms with Crippen molar-refractivity contribution in [1.82, 2.24) is 9.97 Å². The summed E-state index contributed by atoms with van der Waals surface area (Å²) in [6.07, 6.45) is 1.83. The number of hydrogen-bond donors (Lipinski definition) is 0. The van der Waals surface area contributed by atoms with Crippen molar-refractivity contribution in [2.24, 2.45) is 0 Å². The van der Waals surface area contributed by atoms with Crippen molar-refractivity contribution in [3.63, 3.8) is 0 Å². The fraction of sp³-hybridized carbons (Fsp3) is 0.0435. The Labute approximate surface area is 299 Å². The highest BCUT2D eigenvalue weighted by Gasteiger charge is 2.41. The van der Waals surface area contributed by atoms with Crippen molar-refractivity contribution in [1.29, 1.82) is 0 Å². The van der Waals surface area contributed by atoms with Crippen LogP contribution < -0.4 is 20.7 Å². The standard InChI is InChI=1S/C46H36N2SSi/c1-33-13-12-16-38(31-33)46-43(32-45(49-46)37-14-6-3-7-15-37)35-21-25-41(26-22-35)50(39-17-8-4-9-18-39,40-19-10-5-11-20-40)42-27-23-36(24-28-42)44-29-30-47-34(2)48-44/h3-32H,1-2H3. The van der Waals surface area contributed by atoms with Crippen LogP contribution in [0.25, 0.3) is 43.3 Å². The fourth-order valence-electron chi connectivity index (χ4n) is 7.13. The molecule has 4 heteroatoms. The first kappa shape index (κ1) is 31.6. The summed E-state index contributed by atoms with van der Waals surface area (Å²) in [5, 5.41) is 5.39. The summed E-state index contributed by atoms with van der Waals surface area (Å²) in [4.78, 5) is 11.6. The zero-order valence-corrected chi connectivity index (χ0v) is 29.9. The topological polar surface area (TPSA) is 25.8 Å². The van der Waals surface area contributed by atoms with Crippen LogP contribution in [-0.2, 0) is 0 Å². The third-order valence-corrected chi connectivity index (χ3v) is 15.5. The average Bonchev–Trinajstić information content (AvgIpc) is 3.63. The quantitative estimate of drug-likeness (QED) is 0.119. The molecule has 2 heterocycles. The monoisotopic (exact) mass is 676 g/mol. The van der Waals surface area contributed by atoms with Gasteiger partial charge in [-0.25, -0.2) is 9.97 Å². The molecule has 8 rings (SSSR count). The Hall–Kier alpha value is -5.68. The predicted molar refractivity (Wildman–Crippen MR) is 215 cm³/mol. The molecule has 0 fully saturated rings. The molecule has 8 aromatic rings. The Kier molecular flexibility index (Phi) is 8.64. The minimum atomic E-state index is -2.72. The van der Waals surface area contributed by atoms with E-state index in [1.807, 2.05) is 30.5 Å². The Bertz CT molecular complexity index is 2330. The number of rotatable bonds is 8. The molecule has 240 valence electrons. The molecular formula is C46H36N2SSi. The molecule has 6 aromatic carbocycles. The lowest BCUT2D eigenvalue weighted by Crippen LogP contribution is -2.74. The minimum absolute atomic E-state index is 0.774. The van der Waals surface area contributed by atoms with Crippen molar-refractivity contribution >= 4 is 40.2 Å². The Morgan fingerprint density at radius 1 is 0.460 bits per heavy atom. The summed E-state index contributed by atoms with van der Waals surface area (Å²) in [5.41, 5.74) is 8.29. The molecule has 0 aliphatic carbocycles. The van der Waals surface area contributed by atoms with Gasteiger partial charge in [0.25, 0.3) is 0 Å². The second-order valence-corrected chi connectivity index (χ2v) is 17.6. The molecule has 0 saturated heterocycles. The van der Waals surface area contributed by atoms with Gasteiger partial charge in [-0.15, -0.1) is 11.3 Å². The minimum Gasteiger partial charge on any atom is -0.242 e. The SMILES string of the molecule is Cc1cccc(-c2sc(-c3ccccc3)cc2-c2ccc([Si](c3ccccc3)(c3ccccc3)c3ccc(-c4ccnc(C)n4)cc3)cc2)c1. The number of benzene rings is 6. The molecule has 0 aliphatic rings. The van der Waals surface area contributed by atoms with Gasteiger partial charge < -0.3 is 0 Å². The van der Waals surface area contributed by atoms with E-state index >= 15 is 0 Å². The van der Waals surface area contributed by atoms with Crippen LogP contribution in [0.2, 0.25) is 0 Å². The lowest BCUT2D eigenvalue weighted by atomic mass is 10.0. The first-order valence-corrected chi connectivity index (χ1v) is 19.8. The molecule has 0 spiro atoms. The molecule has 0 radical (unpaired) electrons. The van der Waals surface area contributed by atoms with Crippen LogP contribution in [0.4, 0.5) is 0 Å². The van der Waals surface area contributed by atoms with E-state index in [0.717, 1.165) is 17.1 Å². The van der Waals surface area contributed by atoms with E-state index in [1.165, 1.54) is 58.3 Å². The fourth-order valence-corrected chi connectivity index (χ4v) is 13.0. The molecule has 0 saturated carbocycles. The molecule has 0 amide bonds. The number of hydrogen-bond acceptors (Lipinski definition) is 3. The third-order valence-electron chi connectivity index (χ3n) is 9.50. The first-order chi connectivity index (χ1) is 24.6. The maximum absolute atomic E-state index is 4.70.